The lowest BCUT2D eigenvalue weighted by atomic mass is 10.3. The van der Waals surface area contributed by atoms with Gasteiger partial charge in [0.05, 0.1) is 5.92 Å². The van der Waals surface area contributed by atoms with Crippen molar-refractivity contribution in [2.24, 2.45) is 11.8 Å². The molecule has 6 heteroatoms. The van der Waals surface area contributed by atoms with Gasteiger partial charge in [-0.05, 0) is 31.4 Å². The third-order valence-corrected chi connectivity index (χ3v) is 4.21. The summed E-state index contributed by atoms with van der Waals surface area (Å²) in [6, 6.07) is 6.73. The van der Waals surface area contributed by atoms with Crippen molar-refractivity contribution in [3.63, 3.8) is 0 Å². The fourth-order valence-electron chi connectivity index (χ4n) is 1.88. The van der Waals surface area contributed by atoms with E-state index in [2.05, 4.69) is 5.32 Å². The number of ether oxygens (including phenoxy) is 1. The van der Waals surface area contributed by atoms with E-state index in [1.165, 1.54) is 0 Å². The number of alkyl halides is 2. The van der Waals surface area contributed by atoms with Crippen LogP contribution < -0.4 is 10.1 Å². The molecule has 1 atom stereocenters. The summed E-state index contributed by atoms with van der Waals surface area (Å²) in [6.45, 7) is 0. The number of hydrogen-bond donors (Lipinski definition) is 1. The van der Waals surface area contributed by atoms with Crippen LogP contribution in [0.1, 0.15) is 19.3 Å². The van der Waals surface area contributed by atoms with Crippen molar-refractivity contribution < 1.29 is 14.3 Å². The number of amides is 1. The Labute approximate surface area is 126 Å². The Hall–Kier alpha value is -1.26. The third kappa shape index (κ3) is 3.07. The van der Waals surface area contributed by atoms with Crippen LogP contribution in [0.2, 0.25) is 0 Å². The molecule has 2 aliphatic carbocycles. The van der Waals surface area contributed by atoms with Gasteiger partial charge in [0.25, 0.3) is 0 Å². The summed E-state index contributed by atoms with van der Waals surface area (Å²) in [4.78, 5) is 23.4. The molecule has 20 heavy (non-hydrogen) atoms. The topological polar surface area (TPSA) is 55.4 Å². The summed E-state index contributed by atoms with van der Waals surface area (Å²) in [5.74, 6) is -0.409. The van der Waals surface area contributed by atoms with Crippen molar-refractivity contribution in [2.75, 3.05) is 5.32 Å². The number of nitrogens with one attached hydrogen (secondary N) is 1. The lowest BCUT2D eigenvalue weighted by Gasteiger charge is -2.08. The minimum atomic E-state index is -0.991. The molecule has 2 aliphatic rings. The van der Waals surface area contributed by atoms with Crippen molar-refractivity contribution in [1.82, 2.24) is 0 Å². The second-order valence-electron chi connectivity index (χ2n) is 5.23. The van der Waals surface area contributed by atoms with Crippen LogP contribution in [-0.2, 0) is 9.59 Å². The molecule has 4 nitrogen and oxygen atoms in total. The van der Waals surface area contributed by atoms with Gasteiger partial charge in [-0.1, -0.05) is 6.07 Å². The average Bonchev–Trinajstić information content (AvgIpc) is 3.25. The summed E-state index contributed by atoms with van der Waals surface area (Å²) in [5, 5.41) is 2.80. The van der Waals surface area contributed by atoms with Crippen molar-refractivity contribution in [2.45, 2.75) is 23.6 Å². The van der Waals surface area contributed by atoms with E-state index in [0.29, 0.717) is 17.9 Å². The second kappa shape index (κ2) is 4.93. The maximum Gasteiger partial charge on any atom is 0.317 e. The van der Waals surface area contributed by atoms with E-state index in [0.717, 1.165) is 12.8 Å². The van der Waals surface area contributed by atoms with E-state index >= 15 is 0 Å². The van der Waals surface area contributed by atoms with Gasteiger partial charge in [-0.15, -0.1) is 23.2 Å². The van der Waals surface area contributed by atoms with E-state index in [4.69, 9.17) is 27.9 Å². The van der Waals surface area contributed by atoms with Crippen molar-refractivity contribution in [3.05, 3.63) is 24.3 Å². The molecule has 0 aliphatic heterocycles. The van der Waals surface area contributed by atoms with Crippen molar-refractivity contribution >= 4 is 40.8 Å². The van der Waals surface area contributed by atoms with Gasteiger partial charge in [0.15, 0.2) is 0 Å². The molecule has 0 bridgehead atoms. The Morgan fingerprint density at radius 2 is 2.00 bits per heavy atom. The number of hydrogen-bond acceptors (Lipinski definition) is 3. The quantitative estimate of drug-likeness (QED) is 0.528. The van der Waals surface area contributed by atoms with E-state index in [-0.39, 0.29) is 11.8 Å². The SMILES string of the molecule is O=C(Nc1cccc(OC(=O)C2CC2(Cl)Cl)c1)C1CC1. The van der Waals surface area contributed by atoms with Crippen molar-refractivity contribution in [1.29, 1.82) is 0 Å². The lowest BCUT2D eigenvalue weighted by Crippen LogP contribution is -2.15. The van der Waals surface area contributed by atoms with E-state index < -0.39 is 16.2 Å². The van der Waals surface area contributed by atoms with Gasteiger partial charge in [-0.2, -0.15) is 0 Å². The summed E-state index contributed by atoms with van der Waals surface area (Å²) in [5.41, 5.74) is 0.617. The van der Waals surface area contributed by atoms with Crippen LogP contribution in [0.15, 0.2) is 24.3 Å². The van der Waals surface area contributed by atoms with Crippen LogP contribution in [0.3, 0.4) is 0 Å². The molecule has 0 spiro atoms. The van der Waals surface area contributed by atoms with Gasteiger partial charge in [0.1, 0.15) is 10.1 Å². The van der Waals surface area contributed by atoms with Crippen molar-refractivity contribution in [3.8, 4) is 5.75 Å². The summed E-state index contributed by atoms with van der Waals surface area (Å²) < 4.78 is 4.22. The van der Waals surface area contributed by atoms with Crippen LogP contribution in [0.5, 0.6) is 5.75 Å². The highest BCUT2D eigenvalue weighted by molar-refractivity contribution is 6.52. The minimum Gasteiger partial charge on any atom is -0.426 e. The first-order valence-electron chi connectivity index (χ1n) is 6.46. The van der Waals surface area contributed by atoms with E-state index in [1.54, 1.807) is 24.3 Å². The number of esters is 1. The normalized spacial score (nSPS) is 23.0. The summed E-state index contributed by atoms with van der Waals surface area (Å²) in [7, 11) is 0. The number of carbonyl (C=O) groups excluding carboxylic acids is 2. The zero-order valence-corrected chi connectivity index (χ0v) is 12.1. The predicted octanol–water partition coefficient (Wildman–Crippen LogP) is 3.13. The second-order valence-corrected chi connectivity index (χ2v) is 6.77. The van der Waals surface area contributed by atoms with Gasteiger partial charge in [-0.25, -0.2) is 0 Å². The summed E-state index contributed by atoms with van der Waals surface area (Å²) >= 11 is 11.6. The van der Waals surface area contributed by atoms with E-state index in [9.17, 15) is 9.59 Å². The molecule has 1 N–H and O–H groups in total. The molecule has 1 unspecified atom stereocenters. The molecule has 2 fully saturated rings. The van der Waals surface area contributed by atoms with Crippen LogP contribution in [0, 0.1) is 11.8 Å². The number of rotatable bonds is 4. The predicted molar refractivity (Wildman–Crippen MR) is 76.0 cm³/mol. The van der Waals surface area contributed by atoms with Gasteiger partial charge < -0.3 is 10.1 Å². The Morgan fingerprint density at radius 1 is 1.30 bits per heavy atom. The standard InChI is InChI=1S/C14H13Cl2NO3/c15-14(16)7-11(14)13(19)20-10-3-1-2-9(6-10)17-12(18)8-4-5-8/h1-3,6,8,11H,4-5,7H2,(H,17,18). The monoisotopic (exact) mass is 313 g/mol. The third-order valence-electron chi connectivity index (χ3n) is 3.38. The first kappa shape index (κ1) is 13.7. The maximum atomic E-state index is 11.8. The highest BCUT2D eigenvalue weighted by Crippen LogP contribution is 2.53. The molecule has 0 saturated heterocycles. The first-order chi connectivity index (χ1) is 9.45. The molecule has 1 aromatic rings. The number of halogens is 2. The Kier molecular flexibility index (Phi) is 3.38. The lowest BCUT2D eigenvalue weighted by molar-refractivity contribution is -0.135. The van der Waals surface area contributed by atoms with Crippen LogP contribution in [-0.4, -0.2) is 16.2 Å². The molecule has 0 aromatic heterocycles. The molecular formula is C14H13Cl2NO3. The molecule has 0 heterocycles. The molecule has 1 aromatic carbocycles. The smallest absolute Gasteiger partial charge is 0.317 e. The molecule has 3 rings (SSSR count). The molecular weight excluding hydrogens is 301 g/mol. The molecule has 2 saturated carbocycles. The zero-order valence-electron chi connectivity index (χ0n) is 10.6. The van der Waals surface area contributed by atoms with Gasteiger partial charge in [0, 0.05) is 17.7 Å². The molecule has 106 valence electrons. The number of carbonyl (C=O) groups is 2. The van der Waals surface area contributed by atoms with Crippen LogP contribution in [0.25, 0.3) is 0 Å². The van der Waals surface area contributed by atoms with Crippen LogP contribution in [0.4, 0.5) is 5.69 Å². The zero-order chi connectivity index (χ0) is 14.3. The fraction of sp³-hybridized carbons (Fsp3) is 0.429. The molecule has 0 radical (unpaired) electrons. The van der Waals surface area contributed by atoms with Gasteiger partial charge >= 0.3 is 5.97 Å². The van der Waals surface area contributed by atoms with E-state index in [1.807, 2.05) is 0 Å². The van der Waals surface area contributed by atoms with Crippen LogP contribution >= 0.6 is 23.2 Å². The van der Waals surface area contributed by atoms with Gasteiger partial charge in [-0.3, -0.25) is 9.59 Å². The Bertz CT molecular complexity index is 569. The number of benzene rings is 1. The highest BCUT2D eigenvalue weighted by Gasteiger charge is 2.57. The Morgan fingerprint density at radius 3 is 2.60 bits per heavy atom. The maximum absolute atomic E-state index is 11.8. The average molecular weight is 314 g/mol. The number of anilines is 1. The largest absolute Gasteiger partial charge is 0.426 e. The fourth-order valence-corrected chi connectivity index (χ4v) is 2.37. The molecule has 1 amide bonds. The minimum absolute atomic E-state index is 0.0104. The Balaban J connectivity index is 1.62. The van der Waals surface area contributed by atoms with Gasteiger partial charge in [0.2, 0.25) is 5.91 Å². The highest BCUT2D eigenvalue weighted by atomic mass is 35.5. The summed E-state index contributed by atoms with van der Waals surface area (Å²) in [6.07, 6.45) is 2.29. The first-order valence-corrected chi connectivity index (χ1v) is 7.22.